The molecule has 0 aliphatic carbocycles. The van der Waals surface area contributed by atoms with Gasteiger partial charge in [0, 0.05) is 42.5 Å². The molecule has 106 valence electrons. The number of carbonyl (C=O) groups excluding carboxylic acids is 1. The van der Waals surface area contributed by atoms with Gasteiger partial charge in [0.2, 0.25) is 0 Å². The van der Waals surface area contributed by atoms with E-state index in [1.807, 2.05) is 49.1 Å². The molecule has 0 aliphatic rings. The van der Waals surface area contributed by atoms with Crippen molar-refractivity contribution in [3.8, 4) is 0 Å². The van der Waals surface area contributed by atoms with E-state index in [-0.39, 0.29) is 5.78 Å². The SMILES string of the molecule is CCCC(=O)c1ccc(NCc2cnn(C)c2C)cc1. The molecule has 20 heavy (non-hydrogen) atoms. The van der Waals surface area contributed by atoms with Crippen molar-refractivity contribution in [2.45, 2.75) is 33.2 Å². The predicted octanol–water partition coefficient (Wildman–Crippen LogP) is 3.32. The number of nitrogens with one attached hydrogen (secondary N) is 1. The maximum Gasteiger partial charge on any atom is 0.162 e. The van der Waals surface area contributed by atoms with Crippen LogP contribution in [0.5, 0.6) is 0 Å². The van der Waals surface area contributed by atoms with Gasteiger partial charge in [0.25, 0.3) is 0 Å². The molecule has 0 atom stereocenters. The van der Waals surface area contributed by atoms with Crippen LogP contribution in [0.2, 0.25) is 0 Å². The topological polar surface area (TPSA) is 46.9 Å². The summed E-state index contributed by atoms with van der Waals surface area (Å²) in [5.41, 5.74) is 4.14. The van der Waals surface area contributed by atoms with Crippen molar-refractivity contribution < 1.29 is 4.79 Å². The molecule has 0 saturated heterocycles. The number of hydrogen-bond donors (Lipinski definition) is 1. The monoisotopic (exact) mass is 271 g/mol. The molecule has 2 aromatic rings. The molecule has 0 saturated carbocycles. The average Bonchev–Trinajstić information content (AvgIpc) is 2.77. The van der Waals surface area contributed by atoms with Gasteiger partial charge in [0.05, 0.1) is 6.20 Å². The molecule has 1 aromatic heterocycles. The lowest BCUT2D eigenvalue weighted by Crippen LogP contribution is -2.02. The number of aryl methyl sites for hydroxylation is 1. The zero-order chi connectivity index (χ0) is 14.5. The van der Waals surface area contributed by atoms with E-state index in [2.05, 4.69) is 17.3 Å². The zero-order valence-corrected chi connectivity index (χ0v) is 12.3. The molecule has 0 amide bonds. The van der Waals surface area contributed by atoms with Crippen molar-refractivity contribution in [3.63, 3.8) is 0 Å². The van der Waals surface area contributed by atoms with Crippen LogP contribution in [0.4, 0.5) is 5.69 Å². The molecule has 0 radical (unpaired) electrons. The second-order valence-electron chi connectivity index (χ2n) is 4.98. The number of benzene rings is 1. The highest BCUT2D eigenvalue weighted by molar-refractivity contribution is 5.96. The summed E-state index contributed by atoms with van der Waals surface area (Å²) in [5.74, 6) is 0.210. The van der Waals surface area contributed by atoms with Crippen molar-refractivity contribution >= 4 is 11.5 Å². The number of ketones is 1. The second kappa shape index (κ2) is 6.37. The Morgan fingerprint density at radius 2 is 2.00 bits per heavy atom. The fraction of sp³-hybridized carbons (Fsp3) is 0.375. The molecule has 1 heterocycles. The van der Waals surface area contributed by atoms with Crippen molar-refractivity contribution in [2.24, 2.45) is 7.05 Å². The first-order valence-electron chi connectivity index (χ1n) is 6.96. The number of hydrogen-bond acceptors (Lipinski definition) is 3. The van der Waals surface area contributed by atoms with E-state index >= 15 is 0 Å². The number of aromatic nitrogens is 2. The molecule has 1 aromatic carbocycles. The van der Waals surface area contributed by atoms with E-state index in [0.29, 0.717) is 6.42 Å². The minimum atomic E-state index is 0.210. The molecular formula is C16H21N3O. The highest BCUT2D eigenvalue weighted by Gasteiger charge is 2.05. The summed E-state index contributed by atoms with van der Waals surface area (Å²) in [4.78, 5) is 11.8. The number of nitrogens with zero attached hydrogens (tertiary/aromatic N) is 2. The summed E-state index contributed by atoms with van der Waals surface area (Å²) in [5, 5.41) is 7.57. The fourth-order valence-electron chi connectivity index (χ4n) is 2.06. The number of rotatable bonds is 6. The summed E-state index contributed by atoms with van der Waals surface area (Å²) < 4.78 is 1.86. The van der Waals surface area contributed by atoms with Crippen LogP contribution in [0.15, 0.2) is 30.5 Å². The predicted molar refractivity (Wildman–Crippen MR) is 81.0 cm³/mol. The number of anilines is 1. The first kappa shape index (κ1) is 14.3. The van der Waals surface area contributed by atoms with Crippen molar-refractivity contribution in [3.05, 3.63) is 47.3 Å². The average molecular weight is 271 g/mol. The molecular weight excluding hydrogens is 250 g/mol. The minimum Gasteiger partial charge on any atom is -0.381 e. The van der Waals surface area contributed by atoms with E-state index in [4.69, 9.17) is 0 Å². The van der Waals surface area contributed by atoms with Gasteiger partial charge in [-0.05, 0) is 37.6 Å². The third-order valence-corrected chi connectivity index (χ3v) is 3.50. The number of Topliss-reactive ketones (excluding diaryl/α,β-unsaturated/α-hetero) is 1. The van der Waals surface area contributed by atoms with Crippen molar-refractivity contribution in [2.75, 3.05) is 5.32 Å². The Balaban J connectivity index is 1.97. The maximum absolute atomic E-state index is 11.8. The van der Waals surface area contributed by atoms with Crippen LogP contribution in [0.25, 0.3) is 0 Å². The zero-order valence-electron chi connectivity index (χ0n) is 12.3. The fourth-order valence-corrected chi connectivity index (χ4v) is 2.06. The van der Waals surface area contributed by atoms with E-state index in [9.17, 15) is 4.79 Å². The summed E-state index contributed by atoms with van der Waals surface area (Å²) in [6, 6.07) is 7.68. The number of carbonyl (C=O) groups is 1. The van der Waals surface area contributed by atoms with Gasteiger partial charge in [-0.2, -0.15) is 5.10 Å². The molecule has 0 fully saturated rings. The maximum atomic E-state index is 11.8. The molecule has 0 spiro atoms. The molecule has 0 aliphatic heterocycles. The first-order valence-corrected chi connectivity index (χ1v) is 6.96. The Bertz CT molecular complexity index is 584. The van der Waals surface area contributed by atoms with Gasteiger partial charge in [-0.15, -0.1) is 0 Å². The Morgan fingerprint density at radius 3 is 2.55 bits per heavy atom. The lowest BCUT2D eigenvalue weighted by Gasteiger charge is -2.07. The van der Waals surface area contributed by atoms with Crippen LogP contribution >= 0.6 is 0 Å². The van der Waals surface area contributed by atoms with Gasteiger partial charge >= 0.3 is 0 Å². The van der Waals surface area contributed by atoms with Crippen LogP contribution in [0.1, 0.15) is 41.4 Å². The summed E-state index contributed by atoms with van der Waals surface area (Å²) >= 11 is 0. The molecule has 1 N–H and O–H groups in total. The van der Waals surface area contributed by atoms with Crippen molar-refractivity contribution in [1.82, 2.24) is 9.78 Å². The Kier molecular flexibility index (Phi) is 4.56. The van der Waals surface area contributed by atoms with E-state index in [0.717, 1.165) is 29.9 Å². The lowest BCUT2D eigenvalue weighted by atomic mass is 10.1. The Labute approximate surface area is 119 Å². The van der Waals surface area contributed by atoms with Crippen LogP contribution in [-0.4, -0.2) is 15.6 Å². The normalized spacial score (nSPS) is 10.6. The lowest BCUT2D eigenvalue weighted by molar-refractivity contribution is 0.0982. The van der Waals surface area contributed by atoms with Gasteiger partial charge < -0.3 is 5.32 Å². The van der Waals surface area contributed by atoms with Gasteiger partial charge in [-0.3, -0.25) is 9.48 Å². The molecule has 0 bridgehead atoms. The summed E-state index contributed by atoms with van der Waals surface area (Å²) in [6.07, 6.45) is 3.38. The van der Waals surface area contributed by atoms with Crippen LogP contribution in [0.3, 0.4) is 0 Å². The van der Waals surface area contributed by atoms with Gasteiger partial charge in [0.1, 0.15) is 0 Å². The Hall–Kier alpha value is -2.10. The van der Waals surface area contributed by atoms with Crippen LogP contribution < -0.4 is 5.32 Å². The standard InChI is InChI=1S/C16H21N3O/c1-4-5-16(20)13-6-8-15(9-7-13)17-10-14-11-18-19(3)12(14)2/h6-9,11,17H,4-5,10H2,1-3H3. The molecule has 4 nitrogen and oxygen atoms in total. The summed E-state index contributed by atoms with van der Waals surface area (Å²) in [7, 11) is 1.94. The van der Waals surface area contributed by atoms with E-state index < -0.39 is 0 Å². The highest BCUT2D eigenvalue weighted by atomic mass is 16.1. The smallest absolute Gasteiger partial charge is 0.162 e. The molecule has 2 rings (SSSR count). The summed E-state index contributed by atoms with van der Waals surface area (Å²) in [6.45, 7) is 4.81. The minimum absolute atomic E-state index is 0.210. The molecule has 0 unspecified atom stereocenters. The van der Waals surface area contributed by atoms with Crippen molar-refractivity contribution in [1.29, 1.82) is 0 Å². The van der Waals surface area contributed by atoms with Crippen LogP contribution in [0, 0.1) is 6.92 Å². The van der Waals surface area contributed by atoms with E-state index in [1.54, 1.807) is 0 Å². The van der Waals surface area contributed by atoms with Gasteiger partial charge in [0.15, 0.2) is 5.78 Å². The molecule has 4 heteroatoms. The third-order valence-electron chi connectivity index (χ3n) is 3.50. The largest absolute Gasteiger partial charge is 0.381 e. The quantitative estimate of drug-likeness (QED) is 0.820. The Morgan fingerprint density at radius 1 is 1.30 bits per heavy atom. The van der Waals surface area contributed by atoms with Gasteiger partial charge in [-0.25, -0.2) is 0 Å². The third kappa shape index (κ3) is 3.26. The first-order chi connectivity index (χ1) is 9.61. The van der Waals surface area contributed by atoms with E-state index in [1.165, 1.54) is 5.56 Å². The highest BCUT2D eigenvalue weighted by Crippen LogP contribution is 2.14. The second-order valence-corrected chi connectivity index (χ2v) is 4.98. The van der Waals surface area contributed by atoms with Crippen LogP contribution in [-0.2, 0) is 13.6 Å². The van der Waals surface area contributed by atoms with Gasteiger partial charge in [-0.1, -0.05) is 6.92 Å².